The zero-order valence-corrected chi connectivity index (χ0v) is 13.1. The minimum Gasteiger partial charge on any atom is -0.316 e. The van der Waals surface area contributed by atoms with Gasteiger partial charge in [0, 0.05) is 19.6 Å². The molecule has 0 aromatic heterocycles. The van der Waals surface area contributed by atoms with Crippen LogP contribution >= 0.6 is 0 Å². The van der Waals surface area contributed by atoms with Crippen molar-refractivity contribution in [3.8, 4) is 11.1 Å². The Kier molecular flexibility index (Phi) is 3.73. The first kappa shape index (κ1) is 14.0. The van der Waals surface area contributed by atoms with Gasteiger partial charge in [-0.2, -0.15) is 0 Å². The zero-order valence-electron chi connectivity index (χ0n) is 13.1. The summed E-state index contributed by atoms with van der Waals surface area (Å²) in [5, 5.41) is 3.54. The van der Waals surface area contributed by atoms with E-state index in [9.17, 15) is 0 Å². The SMILES string of the molecule is c1ccc(-c2cccc(CN3CCC4(CCNC4)C3)c2)cc1. The molecule has 1 unspecified atom stereocenters. The summed E-state index contributed by atoms with van der Waals surface area (Å²) in [4.78, 5) is 2.64. The molecule has 2 saturated heterocycles. The molecule has 2 aromatic rings. The molecule has 2 nitrogen and oxygen atoms in total. The Labute approximate surface area is 133 Å². The predicted molar refractivity (Wildman–Crippen MR) is 91.7 cm³/mol. The second-order valence-electron chi connectivity index (χ2n) is 6.95. The Morgan fingerprint density at radius 3 is 2.64 bits per heavy atom. The summed E-state index contributed by atoms with van der Waals surface area (Å²) < 4.78 is 0. The molecule has 0 amide bonds. The minimum atomic E-state index is 0.567. The number of benzene rings is 2. The lowest BCUT2D eigenvalue weighted by molar-refractivity contribution is 0.269. The fourth-order valence-electron chi connectivity index (χ4n) is 4.04. The van der Waals surface area contributed by atoms with Crippen molar-refractivity contribution < 1.29 is 0 Å². The lowest BCUT2D eigenvalue weighted by atomic mass is 9.86. The van der Waals surface area contributed by atoms with Gasteiger partial charge in [-0.3, -0.25) is 4.90 Å². The maximum Gasteiger partial charge on any atom is 0.0234 e. The van der Waals surface area contributed by atoms with E-state index in [0.29, 0.717) is 5.41 Å². The van der Waals surface area contributed by atoms with Crippen molar-refractivity contribution in [3.63, 3.8) is 0 Å². The average Bonchev–Trinajstić information content (AvgIpc) is 3.19. The average molecular weight is 292 g/mol. The Morgan fingerprint density at radius 2 is 1.82 bits per heavy atom. The highest BCUT2D eigenvalue weighted by molar-refractivity contribution is 5.63. The van der Waals surface area contributed by atoms with Crippen LogP contribution in [0.25, 0.3) is 11.1 Å². The highest BCUT2D eigenvalue weighted by atomic mass is 15.2. The van der Waals surface area contributed by atoms with Crippen LogP contribution in [0.15, 0.2) is 54.6 Å². The van der Waals surface area contributed by atoms with Crippen LogP contribution in [0.3, 0.4) is 0 Å². The van der Waals surface area contributed by atoms with E-state index in [1.165, 1.54) is 55.7 Å². The fourth-order valence-corrected chi connectivity index (χ4v) is 4.04. The summed E-state index contributed by atoms with van der Waals surface area (Å²) >= 11 is 0. The largest absolute Gasteiger partial charge is 0.316 e. The lowest BCUT2D eigenvalue weighted by Crippen LogP contribution is -2.28. The van der Waals surface area contributed by atoms with E-state index in [2.05, 4.69) is 64.8 Å². The van der Waals surface area contributed by atoms with E-state index >= 15 is 0 Å². The van der Waals surface area contributed by atoms with Crippen molar-refractivity contribution >= 4 is 0 Å². The molecule has 0 radical (unpaired) electrons. The first-order valence-corrected chi connectivity index (χ1v) is 8.41. The quantitative estimate of drug-likeness (QED) is 0.931. The second kappa shape index (κ2) is 5.86. The van der Waals surface area contributed by atoms with Crippen molar-refractivity contribution in [3.05, 3.63) is 60.2 Å². The molecule has 22 heavy (non-hydrogen) atoms. The van der Waals surface area contributed by atoms with E-state index in [-0.39, 0.29) is 0 Å². The summed E-state index contributed by atoms with van der Waals surface area (Å²) in [6.45, 7) is 6.01. The van der Waals surface area contributed by atoms with E-state index < -0.39 is 0 Å². The maximum absolute atomic E-state index is 3.54. The van der Waals surface area contributed by atoms with Crippen LogP contribution in [0.1, 0.15) is 18.4 Å². The summed E-state index contributed by atoms with van der Waals surface area (Å²) in [6.07, 6.45) is 2.71. The first-order valence-electron chi connectivity index (χ1n) is 8.41. The molecule has 2 heterocycles. The van der Waals surface area contributed by atoms with E-state index in [1.807, 2.05) is 0 Å². The molecule has 0 aliphatic carbocycles. The molecular formula is C20H24N2. The third kappa shape index (κ3) is 2.81. The Bertz CT molecular complexity index is 629. The molecule has 0 saturated carbocycles. The number of hydrogen-bond acceptors (Lipinski definition) is 2. The van der Waals surface area contributed by atoms with Gasteiger partial charge in [-0.05, 0) is 54.1 Å². The zero-order chi connectivity index (χ0) is 14.8. The molecule has 2 aliphatic heterocycles. The van der Waals surface area contributed by atoms with Crippen LogP contribution in [0, 0.1) is 5.41 Å². The molecule has 114 valence electrons. The van der Waals surface area contributed by atoms with Gasteiger partial charge < -0.3 is 5.32 Å². The van der Waals surface area contributed by atoms with E-state index in [0.717, 1.165) is 6.54 Å². The molecule has 0 bridgehead atoms. The third-order valence-electron chi connectivity index (χ3n) is 5.29. The van der Waals surface area contributed by atoms with E-state index in [1.54, 1.807) is 0 Å². The highest BCUT2D eigenvalue weighted by Gasteiger charge is 2.39. The molecule has 1 N–H and O–H groups in total. The number of likely N-dealkylation sites (tertiary alicyclic amines) is 1. The van der Waals surface area contributed by atoms with Gasteiger partial charge >= 0.3 is 0 Å². The second-order valence-corrected chi connectivity index (χ2v) is 6.95. The Morgan fingerprint density at radius 1 is 0.955 bits per heavy atom. The molecule has 1 atom stereocenters. The smallest absolute Gasteiger partial charge is 0.0234 e. The van der Waals surface area contributed by atoms with Gasteiger partial charge in [-0.15, -0.1) is 0 Å². The van der Waals surface area contributed by atoms with Crippen LogP contribution in [-0.2, 0) is 6.54 Å². The lowest BCUT2D eigenvalue weighted by Gasteiger charge is -2.23. The number of nitrogens with zero attached hydrogens (tertiary/aromatic N) is 1. The topological polar surface area (TPSA) is 15.3 Å². The van der Waals surface area contributed by atoms with Crippen molar-refractivity contribution in [1.29, 1.82) is 0 Å². The fraction of sp³-hybridized carbons (Fsp3) is 0.400. The molecule has 2 aliphatic rings. The summed E-state index contributed by atoms with van der Waals surface area (Å²) in [6, 6.07) is 19.7. The summed E-state index contributed by atoms with van der Waals surface area (Å²) in [5.74, 6) is 0. The van der Waals surface area contributed by atoms with Gasteiger partial charge in [0.2, 0.25) is 0 Å². The summed E-state index contributed by atoms with van der Waals surface area (Å²) in [5.41, 5.74) is 4.64. The van der Waals surface area contributed by atoms with Crippen LogP contribution in [0.5, 0.6) is 0 Å². The van der Waals surface area contributed by atoms with Crippen LogP contribution in [0.2, 0.25) is 0 Å². The van der Waals surface area contributed by atoms with Crippen molar-refractivity contribution in [2.75, 3.05) is 26.2 Å². The molecular weight excluding hydrogens is 268 g/mol. The number of nitrogens with one attached hydrogen (secondary N) is 1. The molecule has 1 spiro atoms. The minimum absolute atomic E-state index is 0.567. The van der Waals surface area contributed by atoms with Gasteiger partial charge in [-0.25, -0.2) is 0 Å². The van der Waals surface area contributed by atoms with Crippen LogP contribution in [0.4, 0.5) is 0 Å². The summed E-state index contributed by atoms with van der Waals surface area (Å²) in [7, 11) is 0. The maximum atomic E-state index is 3.54. The van der Waals surface area contributed by atoms with Crippen molar-refractivity contribution in [1.82, 2.24) is 10.2 Å². The van der Waals surface area contributed by atoms with Gasteiger partial charge in [0.1, 0.15) is 0 Å². The molecule has 2 fully saturated rings. The van der Waals surface area contributed by atoms with Crippen molar-refractivity contribution in [2.45, 2.75) is 19.4 Å². The van der Waals surface area contributed by atoms with Crippen LogP contribution in [-0.4, -0.2) is 31.1 Å². The van der Waals surface area contributed by atoms with Crippen molar-refractivity contribution in [2.24, 2.45) is 5.41 Å². The highest BCUT2D eigenvalue weighted by Crippen LogP contribution is 2.36. The van der Waals surface area contributed by atoms with Gasteiger partial charge in [0.25, 0.3) is 0 Å². The normalized spacial score (nSPS) is 25.1. The predicted octanol–water partition coefficient (Wildman–Crippen LogP) is 3.54. The van der Waals surface area contributed by atoms with Crippen LogP contribution < -0.4 is 5.32 Å². The first-order chi connectivity index (χ1) is 10.8. The molecule has 2 heteroatoms. The Balaban J connectivity index is 1.48. The van der Waals surface area contributed by atoms with Gasteiger partial charge in [0.05, 0.1) is 0 Å². The Hall–Kier alpha value is -1.64. The van der Waals surface area contributed by atoms with Gasteiger partial charge in [-0.1, -0.05) is 48.5 Å². The standard InChI is InChI=1S/C20H24N2/c1-2-6-18(7-3-1)19-8-4-5-17(13-19)14-22-12-10-20(16-22)9-11-21-15-20/h1-8,13,21H,9-12,14-16H2. The molecule has 4 rings (SSSR count). The number of hydrogen-bond donors (Lipinski definition) is 1. The monoisotopic (exact) mass is 292 g/mol. The number of rotatable bonds is 3. The van der Waals surface area contributed by atoms with E-state index in [4.69, 9.17) is 0 Å². The van der Waals surface area contributed by atoms with Gasteiger partial charge in [0.15, 0.2) is 0 Å². The third-order valence-corrected chi connectivity index (χ3v) is 5.29. The molecule has 2 aromatic carbocycles.